The fourth-order valence-corrected chi connectivity index (χ4v) is 3.40. The lowest BCUT2D eigenvalue weighted by molar-refractivity contribution is 0.312. The molecule has 1 aromatic rings. The Labute approximate surface area is 127 Å². The van der Waals surface area contributed by atoms with Crippen molar-refractivity contribution in [3.05, 3.63) is 28.2 Å². The van der Waals surface area contributed by atoms with E-state index in [1.807, 2.05) is 0 Å². The summed E-state index contributed by atoms with van der Waals surface area (Å²) in [6.45, 7) is 4.28. The summed E-state index contributed by atoms with van der Waals surface area (Å²) < 4.78 is 1.09. The van der Waals surface area contributed by atoms with Crippen LogP contribution in [-0.2, 0) is 10.3 Å². The molecule has 106 valence electrons. The second kappa shape index (κ2) is 5.32. The Morgan fingerprint density at radius 2 is 1.95 bits per heavy atom. The van der Waals surface area contributed by atoms with Crippen molar-refractivity contribution in [3.8, 4) is 0 Å². The number of likely N-dealkylation sites (N-methyl/N-ethyl adjacent to an activating group) is 1. The van der Waals surface area contributed by atoms with E-state index in [-0.39, 0.29) is 5.54 Å². The number of nitrogens with zero attached hydrogens (tertiary/aromatic N) is 3. The van der Waals surface area contributed by atoms with Gasteiger partial charge in [0.15, 0.2) is 0 Å². The quantitative estimate of drug-likeness (QED) is 0.629. The number of isocyanates is 1. The van der Waals surface area contributed by atoms with Gasteiger partial charge in [0, 0.05) is 30.7 Å². The number of rotatable bonds is 3. The fraction of sp³-hybridized carbons (Fsp3) is 0.533. The van der Waals surface area contributed by atoms with Crippen molar-refractivity contribution < 1.29 is 4.79 Å². The topological polar surface area (TPSA) is 35.9 Å². The standard InChI is InChI=1S/C15H18BrN3O/c1-18-6-8-19(9-7-18)14-3-2-12(10-13(14)16)15(4-5-15)17-11-20/h2-3,10H,4-9H2,1H3. The molecule has 5 heteroatoms. The maximum atomic E-state index is 10.5. The van der Waals surface area contributed by atoms with Crippen LogP contribution in [-0.4, -0.2) is 44.2 Å². The van der Waals surface area contributed by atoms with Crippen LogP contribution in [0.15, 0.2) is 27.7 Å². The van der Waals surface area contributed by atoms with Crippen molar-refractivity contribution in [2.24, 2.45) is 4.99 Å². The minimum absolute atomic E-state index is 0.287. The normalized spacial score (nSPS) is 21.4. The fourth-order valence-electron chi connectivity index (χ4n) is 2.77. The zero-order valence-electron chi connectivity index (χ0n) is 11.6. The van der Waals surface area contributed by atoms with Gasteiger partial charge in [0.1, 0.15) is 0 Å². The zero-order valence-corrected chi connectivity index (χ0v) is 13.2. The van der Waals surface area contributed by atoms with E-state index >= 15 is 0 Å². The van der Waals surface area contributed by atoms with Crippen LogP contribution >= 0.6 is 15.9 Å². The van der Waals surface area contributed by atoms with E-state index in [4.69, 9.17) is 0 Å². The highest BCUT2D eigenvalue weighted by atomic mass is 79.9. The van der Waals surface area contributed by atoms with E-state index in [1.54, 1.807) is 6.08 Å². The molecule has 0 bridgehead atoms. The number of aliphatic imine (C=N–C) groups is 1. The maximum Gasteiger partial charge on any atom is 0.235 e. The lowest BCUT2D eigenvalue weighted by Crippen LogP contribution is -2.44. The van der Waals surface area contributed by atoms with Gasteiger partial charge in [-0.2, -0.15) is 4.99 Å². The average molecular weight is 336 g/mol. The van der Waals surface area contributed by atoms with Crippen LogP contribution in [0.4, 0.5) is 5.69 Å². The van der Waals surface area contributed by atoms with E-state index in [0.717, 1.165) is 49.1 Å². The van der Waals surface area contributed by atoms with Gasteiger partial charge in [-0.1, -0.05) is 6.07 Å². The summed E-state index contributed by atoms with van der Waals surface area (Å²) in [6, 6.07) is 6.36. The minimum atomic E-state index is -0.287. The zero-order chi connectivity index (χ0) is 14.2. The molecule has 2 aliphatic rings. The number of carbonyl (C=O) groups excluding carboxylic acids is 1. The number of benzene rings is 1. The van der Waals surface area contributed by atoms with E-state index in [0.29, 0.717) is 0 Å². The molecule has 20 heavy (non-hydrogen) atoms. The van der Waals surface area contributed by atoms with Crippen LogP contribution in [0, 0.1) is 0 Å². The third-order valence-electron chi connectivity index (χ3n) is 4.31. The van der Waals surface area contributed by atoms with Crippen molar-refractivity contribution in [3.63, 3.8) is 0 Å². The molecule has 1 aliphatic carbocycles. The molecule has 1 saturated heterocycles. The van der Waals surface area contributed by atoms with Gasteiger partial charge < -0.3 is 9.80 Å². The molecule has 1 aromatic carbocycles. The summed E-state index contributed by atoms with van der Waals surface area (Å²) in [4.78, 5) is 19.3. The van der Waals surface area contributed by atoms with Gasteiger partial charge in [-0.25, -0.2) is 4.79 Å². The van der Waals surface area contributed by atoms with E-state index in [1.165, 1.54) is 5.69 Å². The molecule has 0 aromatic heterocycles. The van der Waals surface area contributed by atoms with Crippen molar-refractivity contribution in [1.82, 2.24) is 4.90 Å². The third kappa shape index (κ3) is 2.53. The Morgan fingerprint density at radius 3 is 2.50 bits per heavy atom. The summed E-state index contributed by atoms with van der Waals surface area (Å²) in [5, 5.41) is 0. The summed E-state index contributed by atoms with van der Waals surface area (Å²) in [7, 11) is 2.16. The number of piperazine rings is 1. The number of anilines is 1. The van der Waals surface area contributed by atoms with E-state index < -0.39 is 0 Å². The number of hydrogen-bond acceptors (Lipinski definition) is 4. The van der Waals surface area contributed by atoms with Crippen LogP contribution in [0.2, 0.25) is 0 Å². The van der Waals surface area contributed by atoms with Gasteiger partial charge in [0.05, 0.1) is 11.2 Å². The molecular weight excluding hydrogens is 318 g/mol. The van der Waals surface area contributed by atoms with Crippen LogP contribution in [0.5, 0.6) is 0 Å². The lowest BCUT2D eigenvalue weighted by atomic mass is 10.0. The van der Waals surface area contributed by atoms with Crippen molar-refractivity contribution in [1.29, 1.82) is 0 Å². The molecule has 3 rings (SSSR count). The predicted molar refractivity (Wildman–Crippen MR) is 82.9 cm³/mol. The van der Waals surface area contributed by atoms with Gasteiger partial charge >= 0.3 is 0 Å². The van der Waals surface area contributed by atoms with Gasteiger partial charge in [0.25, 0.3) is 0 Å². The SMILES string of the molecule is CN1CCN(c2ccc(C3(N=C=O)CC3)cc2Br)CC1. The monoisotopic (exact) mass is 335 g/mol. The summed E-state index contributed by atoms with van der Waals surface area (Å²) in [5.74, 6) is 0. The minimum Gasteiger partial charge on any atom is -0.368 e. The smallest absolute Gasteiger partial charge is 0.235 e. The van der Waals surface area contributed by atoms with Crippen molar-refractivity contribution >= 4 is 27.7 Å². The van der Waals surface area contributed by atoms with Gasteiger partial charge in [0.2, 0.25) is 6.08 Å². The maximum absolute atomic E-state index is 10.5. The predicted octanol–water partition coefficient (Wildman–Crippen LogP) is 2.53. The molecule has 0 amide bonds. The second-order valence-electron chi connectivity index (χ2n) is 5.69. The summed E-state index contributed by atoms with van der Waals surface area (Å²) >= 11 is 3.67. The van der Waals surface area contributed by atoms with Crippen molar-refractivity contribution in [2.45, 2.75) is 18.4 Å². The Morgan fingerprint density at radius 1 is 1.25 bits per heavy atom. The van der Waals surface area contributed by atoms with E-state index in [9.17, 15) is 4.79 Å². The first kappa shape index (κ1) is 13.8. The second-order valence-corrected chi connectivity index (χ2v) is 6.55. The summed E-state index contributed by atoms with van der Waals surface area (Å²) in [5.41, 5.74) is 2.06. The Bertz CT molecular complexity index is 556. The highest BCUT2D eigenvalue weighted by molar-refractivity contribution is 9.10. The van der Waals surface area contributed by atoms with Crippen molar-refractivity contribution in [2.75, 3.05) is 38.1 Å². The Kier molecular flexibility index (Phi) is 3.67. The van der Waals surface area contributed by atoms with Crippen LogP contribution in [0.25, 0.3) is 0 Å². The molecule has 0 unspecified atom stereocenters. The molecule has 0 spiro atoms. The molecule has 2 fully saturated rings. The largest absolute Gasteiger partial charge is 0.368 e. The first-order chi connectivity index (χ1) is 9.64. The first-order valence-corrected chi connectivity index (χ1v) is 7.76. The van der Waals surface area contributed by atoms with Gasteiger partial charge in [-0.05, 0) is 53.5 Å². The Balaban J connectivity index is 1.83. The molecule has 4 nitrogen and oxygen atoms in total. The molecule has 0 radical (unpaired) electrons. The third-order valence-corrected chi connectivity index (χ3v) is 4.95. The number of hydrogen-bond donors (Lipinski definition) is 0. The van der Waals surface area contributed by atoms with Gasteiger partial charge in [-0.15, -0.1) is 0 Å². The highest BCUT2D eigenvalue weighted by Gasteiger charge is 2.45. The highest BCUT2D eigenvalue weighted by Crippen LogP contribution is 2.50. The lowest BCUT2D eigenvalue weighted by Gasteiger charge is -2.34. The molecule has 0 atom stereocenters. The first-order valence-electron chi connectivity index (χ1n) is 6.97. The number of halogens is 1. The van der Waals surface area contributed by atoms with Crippen LogP contribution in [0.3, 0.4) is 0 Å². The van der Waals surface area contributed by atoms with Crippen LogP contribution < -0.4 is 4.90 Å². The van der Waals surface area contributed by atoms with E-state index in [2.05, 4.69) is 56.0 Å². The molecule has 0 N–H and O–H groups in total. The Hall–Kier alpha value is -1.16. The average Bonchev–Trinajstić information content (AvgIpc) is 3.21. The summed E-state index contributed by atoms with van der Waals surface area (Å²) in [6.07, 6.45) is 3.61. The molecule has 1 aliphatic heterocycles. The molecule has 1 heterocycles. The molecular formula is C15H18BrN3O. The van der Waals surface area contributed by atoms with Crippen LogP contribution in [0.1, 0.15) is 18.4 Å². The van der Waals surface area contributed by atoms with Gasteiger partial charge in [-0.3, -0.25) is 0 Å². The molecule has 1 saturated carbocycles.